The molecular formula is C26H17N3O5S2. The number of furan rings is 1. The Balaban J connectivity index is 1.37. The summed E-state index contributed by atoms with van der Waals surface area (Å²) in [6.07, 6.45) is 1.57. The smallest absolute Gasteiger partial charge is 0.268 e. The van der Waals surface area contributed by atoms with Crippen LogP contribution in [-0.2, 0) is 4.79 Å². The van der Waals surface area contributed by atoms with Crippen LogP contribution in [-0.4, -0.2) is 33.6 Å². The molecule has 1 N–H and O–H groups in total. The molecule has 6 rings (SSSR count). The molecule has 1 aliphatic rings. The maximum absolute atomic E-state index is 13.8. The van der Waals surface area contributed by atoms with Crippen LogP contribution in [0, 0.1) is 0 Å². The topological polar surface area (TPSA) is 103 Å². The number of rotatable bonds is 6. The standard InChI is InChI=1S/C26H17N3O5S2/c30-19(15-8-9-21-18(11-15)27-22(31)12-34-21)14-36-26-28-24-23(17(13-35-24)20-7-4-10-33-20)25(32)29(26)16-5-2-1-3-6-16/h1-11,13H,12,14H2,(H,27,31). The molecule has 178 valence electrons. The van der Waals surface area contributed by atoms with Crippen molar-refractivity contribution in [3.8, 4) is 22.8 Å². The lowest BCUT2D eigenvalue weighted by molar-refractivity contribution is -0.118. The van der Waals surface area contributed by atoms with E-state index in [2.05, 4.69) is 5.32 Å². The molecule has 10 heteroatoms. The van der Waals surface area contributed by atoms with Gasteiger partial charge in [-0.2, -0.15) is 0 Å². The predicted octanol–water partition coefficient (Wildman–Crippen LogP) is 5.01. The molecule has 0 bridgehead atoms. The van der Waals surface area contributed by atoms with Gasteiger partial charge in [-0.15, -0.1) is 11.3 Å². The lowest BCUT2D eigenvalue weighted by atomic mass is 10.1. The van der Waals surface area contributed by atoms with Crippen molar-refractivity contribution in [1.29, 1.82) is 0 Å². The second-order valence-corrected chi connectivity index (χ2v) is 9.74. The molecule has 4 heterocycles. The third-order valence-electron chi connectivity index (χ3n) is 5.64. The fourth-order valence-corrected chi connectivity index (χ4v) is 5.83. The zero-order valence-electron chi connectivity index (χ0n) is 18.6. The van der Waals surface area contributed by atoms with Crippen molar-refractivity contribution in [3.63, 3.8) is 0 Å². The number of ketones is 1. The van der Waals surface area contributed by atoms with Gasteiger partial charge in [0.1, 0.15) is 16.3 Å². The summed E-state index contributed by atoms with van der Waals surface area (Å²) in [5.74, 6) is 0.733. The van der Waals surface area contributed by atoms with E-state index in [0.717, 1.165) is 0 Å². The molecule has 3 aromatic heterocycles. The van der Waals surface area contributed by atoms with Crippen LogP contribution < -0.4 is 15.6 Å². The summed E-state index contributed by atoms with van der Waals surface area (Å²) >= 11 is 2.54. The highest BCUT2D eigenvalue weighted by Gasteiger charge is 2.22. The molecule has 1 aliphatic heterocycles. The van der Waals surface area contributed by atoms with Crippen LogP contribution in [0.3, 0.4) is 0 Å². The fraction of sp³-hybridized carbons (Fsp3) is 0.0769. The number of thiophene rings is 1. The highest BCUT2D eigenvalue weighted by Crippen LogP contribution is 2.34. The monoisotopic (exact) mass is 515 g/mol. The molecule has 0 radical (unpaired) electrons. The van der Waals surface area contributed by atoms with Crippen molar-refractivity contribution in [1.82, 2.24) is 9.55 Å². The summed E-state index contributed by atoms with van der Waals surface area (Å²) in [6, 6.07) is 17.7. The Morgan fingerprint density at radius 1 is 1.11 bits per heavy atom. The van der Waals surface area contributed by atoms with E-state index in [1.54, 1.807) is 36.6 Å². The second kappa shape index (κ2) is 9.14. The van der Waals surface area contributed by atoms with Crippen LogP contribution in [0.2, 0.25) is 0 Å². The number of anilines is 1. The van der Waals surface area contributed by atoms with Gasteiger partial charge in [0, 0.05) is 16.5 Å². The van der Waals surface area contributed by atoms with E-state index in [9.17, 15) is 14.4 Å². The first-order valence-electron chi connectivity index (χ1n) is 10.9. The number of benzene rings is 2. The summed E-state index contributed by atoms with van der Waals surface area (Å²) in [4.78, 5) is 43.8. The van der Waals surface area contributed by atoms with Gasteiger partial charge < -0.3 is 14.5 Å². The number of hydrogen-bond donors (Lipinski definition) is 1. The Hall–Kier alpha value is -4.15. The minimum absolute atomic E-state index is 0.0499. The maximum atomic E-state index is 13.8. The quantitative estimate of drug-likeness (QED) is 0.193. The number of para-hydroxylation sites is 1. The number of nitrogens with one attached hydrogen (secondary N) is 1. The average Bonchev–Trinajstić information content (AvgIpc) is 3.57. The van der Waals surface area contributed by atoms with Gasteiger partial charge in [-0.25, -0.2) is 4.98 Å². The molecule has 1 amide bonds. The van der Waals surface area contributed by atoms with Crippen LogP contribution in [0.25, 0.3) is 27.2 Å². The first-order chi connectivity index (χ1) is 17.6. The molecule has 0 atom stereocenters. The fourth-order valence-electron chi connectivity index (χ4n) is 3.96. The van der Waals surface area contributed by atoms with Gasteiger partial charge in [-0.05, 0) is 42.5 Å². The van der Waals surface area contributed by atoms with Crippen molar-refractivity contribution in [2.45, 2.75) is 5.16 Å². The minimum atomic E-state index is -0.268. The van der Waals surface area contributed by atoms with Crippen LogP contribution in [0.4, 0.5) is 5.69 Å². The van der Waals surface area contributed by atoms with Gasteiger partial charge in [0.2, 0.25) is 0 Å². The molecule has 2 aromatic carbocycles. The Morgan fingerprint density at radius 2 is 1.97 bits per heavy atom. The Kier molecular flexibility index (Phi) is 5.67. The molecule has 8 nitrogen and oxygen atoms in total. The van der Waals surface area contributed by atoms with Crippen molar-refractivity contribution in [3.05, 3.63) is 88.2 Å². The Bertz CT molecular complexity index is 1670. The van der Waals surface area contributed by atoms with E-state index >= 15 is 0 Å². The van der Waals surface area contributed by atoms with Gasteiger partial charge in [0.25, 0.3) is 11.5 Å². The minimum Gasteiger partial charge on any atom is -0.482 e. The number of carbonyl (C=O) groups is 2. The molecule has 0 saturated carbocycles. The molecule has 0 saturated heterocycles. The van der Waals surface area contributed by atoms with E-state index in [1.165, 1.54) is 27.7 Å². The zero-order chi connectivity index (χ0) is 24.6. The lowest BCUT2D eigenvalue weighted by Crippen LogP contribution is -2.25. The number of aromatic nitrogens is 2. The number of ether oxygens (including phenoxy) is 1. The van der Waals surface area contributed by atoms with E-state index < -0.39 is 0 Å². The first kappa shape index (κ1) is 22.3. The van der Waals surface area contributed by atoms with E-state index in [4.69, 9.17) is 14.1 Å². The third kappa shape index (κ3) is 4.00. The van der Waals surface area contributed by atoms with Gasteiger partial charge in [-0.3, -0.25) is 19.0 Å². The Labute approximate surface area is 212 Å². The largest absolute Gasteiger partial charge is 0.482 e. The molecular weight excluding hydrogens is 498 g/mol. The van der Waals surface area contributed by atoms with Crippen molar-refractivity contribution in [2.24, 2.45) is 0 Å². The summed E-state index contributed by atoms with van der Waals surface area (Å²) in [5, 5.41) is 5.46. The SMILES string of the molecule is O=C1COc2ccc(C(=O)CSc3nc4scc(-c5ccco5)c4c(=O)n3-c3ccccc3)cc2N1. The summed E-state index contributed by atoms with van der Waals surface area (Å²) in [5.41, 5.74) is 2.00. The average molecular weight is 516 g/mol. The predicted molar refractivity (Wildman–Crippen MR) is 139 cm³/mol. The highest BCUT2D eigenvalue weighted by molar-refractivity contribution is 7.99. The van der Waals surface area contributed by atoms with E-state index in [0.29, 0.717) is 49.4 Å². The number of nitrogens with zero attached hydrogens (tertiary/aromatic N) is 2. The van der Waals surface area contributed by atoms with E-state index in [1.807, 2.05) is 35.7 Å². The first-order valence-corrected chi connectivity index (χ1v) is 12.8. The van der Waals surface area contributed by atoms with Gasteiger partial charge >= 0.3 is 0 Å². The number of thioether (sulfide) groups is 1. The van der Waals surface area contributed by atoms with Crippen molar-refractivity contribution < 1.29 is 18.7 Å². The summed E-state index contributed by atoms with van der Waals surface area (Å²) < 4.78 is 12.4. The highest BCUT2D eigenvalue weighted by atomic mass is 32.2. The second-order valence-electron chi connectivity index (χ2n) is 7.94. The van der Waals surface area contributed by atoms with Crippen molar-refractivity contribution in [2.75, 3.05) is 17.7 Å². The number of fused-ring (bicyclic) bond motifs is 2. The number of amides is 1. The number of Topliss-reactive ketones (excluding diaryl/α,β-unsaturated/α-hetero) is 1. The lowest BCUT2D eigenvalue weighted by Gasteiger charge is -2.18. The van der Waals surface area contributed by atoms with Gasteiger partial charge in [-0.1, -0.05) is 30.0 Å². The summed E-state index contributed by atoms with van der Waals surface area (Å²) in [6.45, 7) is -0.0499. The van der Waals surface area contributed by atoms with Crippen molar-refractivity contribution >= 4 is 50.7 Å². The van der Waals surface area contributed by atoms with Crippen LogP contribution in [0.5, 0.6) is 5.75 Å². The van der Waals surface area contributed by atoms with Crippen LogP contribution in [0.1, 0.15) is 10.4 Å². The van der Waals surface area contributed by atoms with Gasteiger partial charge in [0.15, 0.2) is 17.5 Å². The maximum Gasteiger partial charge on any atom is 0.268 e. The Morgan fingerprint density at radius 3 is 2.78 bits per heavy atom. The molecule has 0 unspecified atom stereocenters. The summed E-state index contributed by atoms with van der Waals surface area (Å²) in [7, 11) is 0. The van der Waals surface area contributed by atoms with Crippen LogP contribution >= 0.6 is 23.1 Å². The molecule has 36 heavy (non-hydrogen) atoms. The normalized spacial score (nSPS) is 12.7. The number of hydrogen-bond acceptors (Lipinski definition) is 8. The molecule has 0 fully saturated rings. The molecule has 5 aromatic rings. The molecule has 0 spiro atoms. The zero-order valence-corrected chi connectivity index (χ0v) is 20.2. The third-order valence-corrected chi connectivity index (χ3v) is 7.46. The number of carbonyl (C=O) groups excluding carboxylic acids is 2. The molecule has 0 aliphatic carbocycles. The van der Waals surface area contributed by atoms with Crippen LogP contribution in [0.15, 0.2) is 86.7 Å². The van der Waals surface area contributed by atoms with Gasteiger partial charge in [0.05, 0.1) is 28.8 Å². The van der Waals surface area contributed by atoms with E-state index in [-0.39, 0.29) is 29.6 Å².